The number of hydrogen-bond donors (Lipinski definition) is 0. The molecule has 136 valence electrons. The summed E-state index contributed by atoms with van der Waals surface area (Å²) in [6, 6.07) is 9.98. The van der Waals surface area contributed by atoms with Crippen LogP contribution in [0.1, 0.15) is 47.4 Å². The Bertz CT molecular complexity index is 929. The van der Waals surface area contributed by atoms with Gasteiger partial charge in [-0.3, -0.25) is 4.79 Å². The normalized spacial score (nSPS) is 11.3. The van der Waals surface area contributed by atoms with E-state index in [2.05, 4.69) is 30.7 Å². The first-order valence-corrected chi connectivity index (χ1v) is 10.1. The maximum atomic E-state index is 12.7. The van der Waals surface area contributed by atoms with Crippen molar-refractivity contribution in [3.05, 3.63) is 57.6 Å². The minimum absolute atomic E-state index is 0.0516. The van der Waals surface area contributed by atoms with Crippen molar-refractivity contribution >= 4 is 33.5 Å². The van der Waals surface area contributed by atoms with Crippen LogP contribution in [0.4, 0.5) is 0 Å². The molecule has 0 atom stereocenters. The number of hydrogen-bond acceptors (Lipinski definition) is 5. The van der Waals surface area contributed by atoms with Gasteiger partial charge in [-0.25, -0.2) is 0 Å². The standard InChI is InChI=1S/C19H20BrN3O2S/c1-11(2)18-21-22-19(25-18)26-10-17(24)16-9-12(3)23(13(16)4)15-7-5-14(20)6-8-15/h5-9,11H,10H2,1-4H3. The molecule has 5 nitrogen and oxygen atoms in total. The number of carbonyl (C=O) groups excluding carboxylic acids is 1. The second-order valence-electron chi connectivity index (χ2n) is 6.37. The number of carbonyl (C=O) groups is 1. The molecule has 0 amide bonds. The zero-order valence-corrected chi connectivity index (χ0v) is 17.5. The Morgan fingerprint density at radius 2 is 1.92 bits per heavy atom. The lowest BCUT2D eigenvalue weighted by Gasteiger charge is -2.10. The number of ketones is 1. The van der Waals surface area contributed by atoms with Crippen molar-refractivity contribution in [3.8, 4) is 5.69 Å². The minimum Gasteiger partial charge on any atom is -0.416 e. The molecular weight excluding hydrogens is 414 g/mol. The summed E-state index contributed by atoms with van der Waals surface area (Å²) in [5.74, 6) is 1.09. The molecule has 2 heterocycles. The molecule has 3 aromatic rings. The molecule has 26 heavy (non-hydrogen) atoms. The van der Waals surface area contributed by atoms with E-state index in [-0.39, 0.29) is 17.5 Å². The van der Waals surface area contributed by atoms with Crippen LogP contribution in [0.5, 0.6) is 0 Å². The Labute approximate surface area is 165 Å². The van der Waals surface area contributed by atoms with Crippen molar-refractivity contribution < 1.29 is 9.21 Å². The molecule has 0 N–H and O–H groups in total. The smallest absolute Gasteiger partial charge is 0.277 e. The van der Waals surface area contributed by atoms with Gasteiger partial charge in [-0.1, -0.05) is 41.5 Å². The molecule has 1 aromatic carbocycles. The number of thioether (sulfide) groups is 1. The summed E-state index contributed by atoms with van der Waals surface area (Å²) in [5.41, 5.74) is 3.72. The van der Waals surface area contributed by atoms with E-state index in [1.165, 1.54) is 11.8 Å². The van der Waals surface area contributed by atoms with Crippen LogP contribution in [0.15, 0.2) is 44.4 Å². The monoisotopic (exact) mass is 433 g/mol. The van der Waals surface area contributed by atoms with Crippen LogP contribution in [-0.2, 0) is 0 Å². The van der Waals surface area contributed by atoms with Gasteiger partial charge in [0.25, 0.3) is 5.22 Å². The van der Waals surface area contributed by atoms with Crippen LogP contribution in [-0.4, -0.2) is 26.3 Å². The molecule has 0 saturated heterocycles. The van der Waals surface area contributed by atoms with Crippen LogP contribution in [0.2, 0.25) is 0 Å². The summed E-state index contributed by atoms with van der Waals surface area (Å²) < 4.78 is 8.67. The topological polar surface area (TPSA) is 60.9 Å². The Balaban J connectivity index is 1.77. The Kier molecular flexibility index (Phi) is 5.67. The fourth-order valence-corrected chi connectivity index (χ4v) is 3.67. The molecule has 7 heteroatoms. The summed E-state index contributed by atoms with van der Waals surface area (Å²) in [5, 5.41) is 8.41. The predicted octanol–water partition coefficient (Wildman–Crippen LogP) is 5.34. The number of aromatic nitrogens is 3. The van der Waals surface area contributed by atoms with Crippen molar-refractivity contribution in [2.45, 2.75) is 38.8 Å². The predicted molar refractivity (Wildman–Crippen MR) is 106 cm³/mol. The molecule has 0 radical (unpaired) electrons. The fraction of sp³-hybridized carbons (Fsp3) is 0.316. The van der Waals surface area contributed by atoms with E-state index in [0.29, 0.717) is 11.1 Å². The number of nitrogens with zero attached hydrogens (tertiary/aromatic N) is 3. The third-order valence-corrected chi connectivity index (χ3v) is 5.41. The van der Waals surface area contributed by atoms with Gasteiger partial charge in [-0.05, 0) is 44.2 Å². The molecule has 0 spiro atoms. The first kappa shape index (κ1) is 18.9. The summed E-state index contributed by atoms with van der Waals surface area (Å²) in [7, 11) is 0. The highest BCUT2D eigenvalue weighted by atomic mass is 79.9. The van der Waals surface area contributed by atoms with E-state index in [0.717, 1.165) is 27.1 Å². The highest BCUT2D eigenvalue weighted by Gasteiger charge is 2.18. The number of aryl methyl sites for hydroxylation is 1. The lowest BCUT2D eigenvalue weighted by Crippen LogP contribution is -2.05. The van der Waals surface area contributed by atoms with Crippen molar-refractivity contribution in [2.24, 2.45) is 0 Å². The lowest BCUT2D eigenvalue weighted by molar-refractivity contribution is 0.102. The van der Waals surface area contributed by atoms with Crippen LogP contribution in [0.3, 0.4) is 0 Å². The van der Waals surface area contributed by atoms with Crippen LogP contribution < -0.4 is 0 Å². The summed E-state index contributed by atoms with van der Waals surface area (Å²) in [4.78, 5) is 12.7. The van der Waals surface area contributed by atoms with Gasteiger partial charge in [-0.2, -0.15) is 0 Å². The van der Waals surface area contributed by atoms with E-state index >= 15 is 0 Å². The van der Waals surface area contributed by atoms with E-state index < -0.39 is 0 Å². The molecule has 0 aliphatic carbocycles. The number of Topliss-reactive ketones (excluding diaryl/α,β-unsaturated/α-hetero) is 1. The zero-order valence-electron chi connectivity index (χ0n) is 15.1. The molecule has 0 bridgehead atoms. The van der Waals surface area contributed by atoms with Gasteiger partial charge in [-0.15, -0.1) is 10.2 Å². The quantitative estimate of drug-likeness (QED) is 0.387. The Hall–Kier alpha value is -1.86. The molecule has 2 aromatic heterocycles. The molecular formula is C19H20BrN3O2S. The average molecular weight is 434 g/mol. The Morgan fingerprint density at radius 1 is 1.23 bits per heavy atom. The zero-order chi connectivity index (χ0) is 18.8. The Morgan fingerprint density at radius 3 is 2.54 bits per heavy atom. The third kappa shape index (κ3) is 3.94. The van der Waals surface area contributed by atoms with Gasteiger partial charge < -0.3 is 8.98 Å². The number of rotatable bonds is 6. The second-order valence-corrected chi connectivity index (χ2v) is 8.21. The average Bonchev–Trinajstić information content (AvgIpc) is 3.19. The maximum absolute atomic E-state index is 12.7. The third-order valence-electron chi connectivity index (χ3n) is 4.06. The number of benzene rings is 1. The second kappa shape index (κ2) is 7.80. The van der Waals surface area contributed by atoms with Gasteiger partial charge in [0.1, 0.15) is 0 Å². The molecule has 0 aliphatic rings. The van der Waals surface area contributed by atoms with Gasteiger partial charge in [0.05, 0.1) is 5.75 Å². The van der Waals surface area contributed by atoms with E-state index in [1.807, 2.05) is 58.0 Å². The molecule has 3 rings (SSSR count). The molecule has 0 saturated carbocycles. The first-order valence-electron chi connectivity index (χ1n) is 8.31. The van der Waals surface area contributed by atoms with E-state index in [4.69, 9.17) is 4.42 Å². The summed E-state index contributed by atoms with van der Waals surface area (Å²) in [6.45, 7) is 7.95. The summed E-state index contributed by atoms with van der Waals surface area (Å²) in [6.07, 6.45) is 0. The summed E-state index contributed by atoms with van der Waals surface area (Å²) >= 11 is 4.73. The highest BCUT2D eigenvalue weighted by molar-refractivity contribution is 9.10. The highest BCUT2D eigenvalue weighted by Crippen LogP contribution is 2.25. The number of halogens is 1. The van der Waals surface area contributed by atoms with Crippen molar-refractivity contribution in [1.29, 1.82) is 0 Å². The van der Waals surface area contributed by atoms with E-state index in [1.54, 1.807) is 0 Å². The maximum Gasteiger partial charge on any atom is 0.277 e. The molecule has 0 unspecified atom stereocenters. The van der Waals surface area contributed by atoms with Crippen LogP contribution in [0.25, 0.3) is 5.69 Å². The van der Waals surface area contributed by atoms with Gasteiger partial charge in [0.2, 0.25) is 5.89 Å². The first-order chi connectivity index (χ1) is 12.4. The SMILES string of the molecule is Cc1cc(C(=O)CSc2nnc(C(C)C)o2)c(C)n1-c1ccc(Br)cc1. The van der Waals surface area contributed by atoms with Crippen molar-refractivity contribution in [2.75, 3.05) is 5.75 Å². The molecule has 0 fully saturated rings. The largest absolute Gasteiger partial charge is 0.416 e. The van der Waals surface area contributed by atoms with Gasteiger partial charge in [0, 0.05) is 33.0 Å². The van der Waals surface area contributed by atoms with Crippen LogP contribution >= 0.6 is 27.7 Å². The van der Waals surface area contributed by atoms with Gasteiger partial charge >= 0.3 is 0 Å². The van der Waals surface area contributed by atoms with Gasteiger partial charge in [0.15, 0.2) is 5.78 Å². The lowest BCUT2D eigenvalue weighted by atomic mass is 10.2. The minimum atomic E-state index is 0.0516. The van der Waals surface area contributed by atoms with Crippen molar-refractivity contribution in [1.82, 2.24) is 14.8 Å². The van der Waals surface area contributed by atoms with Crippen molar-refractivity contribution in [3.63, 3.8) is 0 Å². The van der Waals surface area contributed by atoms with Crippen LogP contribution in [0, 0.1) is 13.8 Å². The fourth-order valence-electron chi connectivity index (χ4n) is 2.75. The molecule has 0 aliphatic heterocycles. The van der Waals surface area contributed by atoms with E-state index in [9.17, 15) is 4.79 Å².